The van der Waals surface area contributed by atoms with Crippen LogP contribution in [0, 0.1) is 0 Å². The van der Waals surface area contributed by atoms with Crippen molar-refractivity contribution in [3.8, 4) is 0 Å². The zero-order chi connectivity index (χ0) is 14.1. The van der Waals surface area contributed by atoms with Crippen molar-refractivity contribution in [3.05, 3.63) is 0 Å². The highest BCUT2D eigenvalue weighted by atomic mass is 35.5. The van der Waals surface area contributed by atoms with Crippen molar-refractivity contribution in [3.63, 3.8) is 0 Å². The van der Waals surface area contributed by atoms with E-state index in [-0.39, 0.29) is 0 Å². The van der Waals surface area contributed by atoms with Crippen LogP contribution in [0.25, 0.3) is 0 Å². The average molecular weight is 291 g/mol. The van der Waals surface area contributed by atoms with Crippen LogP contribution in [-0.4, -0.2) is 26.4 Å². The lowest BCUT2D eigenvalue weighted by atomic mass is 10.2. The van der Waals surface area contributed by atoms with Crippen LogP contribution >= 0.6 is 19.4 Å². The van der Waals surface area contributed by atoms with Crippen LogP contribution < -0.4 is 0 Å². The highest BCUT2D eigenvalue weighted by molar-refractivity contribution is 7.46. The molecule has 0 atom stereocenters. The minimum Gasteiger partial charge on any atom is -0.308 e. The van der Waals surface area contributed by atoms with E-state index >= 15 is 0 Å². The Morgan fingerprint density at radius 2 is 1.24 bits per heavy atom. The SMILES string of the molecule is CC(C)(C)OC(Cl)(OC(C)(C)C)OP(=O)(O)O. The Kier molecular flexibility index (Phi) is 5.23. The van der Waals surface area contributed by atoms with Crippen LogP contribution in [0.2, 0.25) is 0 Å². The molecule has 0 aliphatic rings. The van der Waals surface area contributed by atoms with Crippen LogP contribution in [0.5, 0.6) is 0 Å². The number of phosphoric ester groups is 1. The number of hydrogen-bond acceptors (Lipinski definition) is 4. The van der Waals surface area contributed by atoms with Gasteiger partial charge in [0.2, 0.25) is 0 Å². The van der Waals surface area contributed by atoms with Gasteiger partial charge in [-0.2, -0.15) is 0 Å². The van der Waals surface area contributed by atoms with E-state index in [4.69, 9.17) is 30.9 Å². The van der Waals surface area contributed by atoms with Gasteiger partial charge in [-0.15, -0.1) is 0 Å². The van der Waals surface area contributed by atoms with E-state index in [1.54, 1.807) is 41.5 Å². The fraction of sp³-hybridized carbons (Fsp3) is 1.00. The molecule has 0 saturated carbocycles. The third-order valence-corrected chi connectivity index (χ3v) is 1.90. The number of alkyl halides is 1. The van der Waals surface area contributed by atoms with Crippen molar-refractivity contribution in [2.24, 2.45) is 0 Å². The second-order valence-electron chi connectivity index (χ2n) is 5.49. The molecule has 17 heavy (non-hydrogen) atoms. The summed E-state index contributed by atoms with van der Waals surface area (Å²) in [5.74, 6) is 0. The lowest BCUT2D eigenvalue weighted by Gasteiger charge is -2.37. The first kappa shape index (κ1) is 17.3. The zero-order valence-corrected chi connectivity index (χ0v) is 12.5. The van der Waals surface area contributed by atoms with Crippen molar-refractivity contribution in [2.45, 2.75) is 58.2 Å². The first-order valence-corrected chi connectivity index (χ1v) is 6.88. The molecule has 0 aromatic carbocycles. The van der Waals surface area contributed by atoms with Gasteiger partial charge in [0.05, 0.1) is 11.2 Å². The number of phosphoric acid groups is 1. The van der Waals surface area contributed by atoms with E-state index in [1.807, 2.05) is 0 Å². The molecule has 0 heterocycles. The molecule has 0 fully saturated rings. The molecule has 0 spiro atoms. The van der Waals surface area contributed by atoms with Crippen molar-refractivity contribution >= 4 is 19.4 Å². The van der Waals surface area contributed by atoms with E-state index in [1.165, 1.54) is 0 Å². The Morgan fingerprint density at radius 3 is 1.41 bits per heavy atom. The van der Waals surface area contributed by atoms with Gasteiger partial charge in [-0.05, 0) is 53.1 Å². The molecule has 0 aromatic rings. The summed E-state index contributed by atoms with van der Waals surface area (Å²) in [5.41, 5.74) is -3.94. The van der Waals surface area contributed by atoms with Crippen LogP contribution in [-0.2, 0) is 18.6 Å². The van der Waals surface area contributed by atoms with Gasteiger partial charge in [0.15, 0.2) is 0 Å². The molecule has 0 aliphatic carbocycles. The van der Waals surface area contributed by atoms with Crippen molar-refractivity contribution < 1.29 is 28.3 Å². The summed E-state index contributed by atoms with van der Waals surface area (Å²) in [6.07, 6.45) is 0. The molecule has 0 aromatic heterocycles. The molecule has 0 rings (SSSR count). The van der Waals surface area contributed by atoms with Gasteiger partial charge in [-0.3, -0.25) is 0 Å². The minimum absolute atomic E-state index is 0.803. The minimum atomic E-state index is -4.84. The summed E-state index contributed by atoms with van der Waals surface area (Å²) in [4.78, 5) is 17.6. The summed E-state index contributed by atoms with van der Waals surface area (Å²) >= 11 is 5.83. The number of ether oxygens (including phenoxy) is 2. The lowest BCUT2D eigenvalue weighted by Crippen LogP contribution is -2.44. The van der Waals surface area contributed by atoms with Crippen LogP contribution in [0.4, 0.5) is 0 Å². The zero-order valence-electron chi connectivity index (χ0n) is 10.9. The number of hydrogen-bond donors (Lipinski definition) is 2. The van der Waals surface area contributed by atoms with E-state index in [0.29, 0.717) is 0 Å². The molecule has 2 N–H and O–H groups in total. The smallest absolute Gasteiger partial charge is 0.308 e. The quantitative estimate of drug-likeness (QED) is 0.470. The summed E-state index contributed by atoms with van der Waals surface area (Å²) in [6, 6.07) is 0. The molecule has 0 saturated heterocycles. The Morgan fingerprint density at radius 1 is 0.941 bits per heavy atom. The average Bonchev–Trinajstić information content (AvgIpc) is 1.65. The predicted octanol–water partition coefficient (Wildman–Crippen LogP) is 2.58. The third kappa shape index (κ3) is 9.97. The normalized spacial score (nSPS) is 15.1. The second kappa shape index (κ2) is 5.13. The number of rotatable bonds is 4. The molecule has 104 valence electrons. The summed E-state index contributed by atoms with van der Waals surface area (Å²) in [7, 11) is -4.84. The standard InChI is InChI=1S/C9H20ClO6P/c1-7(2,3)14-9(10,15-8(4,5)6)16-17(11,12)13/h1-6H3,(H2,11,12,13). The third-order valence-electron chi connectivity index (χ3n) is 1.08. The largest absolute Gasteiger partial charge is 0.474 e. The maximum absolute atomic E-state index is 10.8. The molecule has 0 bridgehead atoms. The lowest BCUT2D eigenvalue weighted by molar-refractivity contribution is -0.350. The Hall–Kier alpha value is 0.320. The molecule has 0 amide bonds. The van der Waals surface area contributed by atoms with Gasteiger partial charge in [-0.1, -0.05) is 0 Å². The van der Waals surface area contributed by atoms with Crippen molar-refractivity contribution in [1.29, 1.82) is 0 Å². The predicted molar refractivity (Wildman–Crippen MR) is 63.4 cm³/mol. The van der Waals surface area contributed by atoms with Gasteiger partial charge < -0.3 is 19.3 Å². The Balaban J connectivity index is 5.01. The first-order chi connectivity index (χ1) is 7.12. The fourth-order valence-electron chi connectivity index (χ4n) is 0.932. The highest BCUT2D eigenvalue weighted by Gasteiger charge is 2.45. The van der Waals surface area contributed by atoms with Crippen LogP contribution in [0.15, 0.2) is 0 Å². The molecule has 0 unspecified atom stereocenters. The van der Waals surface area contributed by atoms with Crippen LogP contribution in [0.3, 0.4) is 0 Å². The summed E-state index contributed by atoms with van der Waals surface area (Å²) in [6.45, 7) is 9.91. The highest BCUT2D eigenvalue weighted by Crippen LogP contribution is 2.46. The molecular formula is C9H20ClO6P. The second-order valence-corrected chi connectivity index (χ2v) is 7.12. The molecule has 0 radical (unpaired) electrons. The summed E-state index contributed by atoms with van der Waals surface area (Å²) in [5, 5.41) is 0. The van der Waals surface area contributed by atoms with E-state index < -0.39 is 24.5 Å². The fourth-order valence-corrected chi connectivity index (χ4v) is 2.02. The molecule has 6 nitrogen and oxygen atoms in total. The van der Waals surface area contributed by atoms with Crippen molar-refractivity contribution in [2.75, 3.05) is 0 Å². The van der Waals surface area contributed by atoms with Crippen LogP contribution in [0.1, 0.15) is 41.5 Å². The van der Waals surface area contributed by atoms with E-state index in [2.05, 4.69) is 4.52 Å². The Bertz CT molecular complexity index is 284. The molecule has 0 aliphatic heterocycles. The summed E-state index contributed by atoms with van der Waals surface area (Å²) < 4.78 is 25.6. The maximum Gasteiger partial charge on any atom is 0.474 e. The van der Waals surface area contributed by atoms with Gasteiger partial charge in [0, 0.05) is 0 Å². The van der Waals surface area contributed by atoms with E-state index in [0.717, 1.165) is 0 Å². The monoisotopic (exact) mass is 290 g/mol. The van der Waals surface area contributed by atoms with Crippen molar-refractivity contribution in [1.82, 2.24) is 0 Å². The van der Waals surface area contributed by atoms with Gasteiger partial charge in [0.1, 0.15) is 0 Å². The van der Waals surface area contributed by atoms with Gasteiger partial charge in [0.25, 0.3) is 0 Å². The topological polar surface area (TPSA) is 85.2 Å². The maximum atomic E-state index is 10.8. The van der Waals surface area contributed by atoms with E-state index in [9.17, 15) is 4.57 Å². The number of halogens is 1. The molecule has 8 heteroatoms. The first-order valence-electron chi connectivity index (χ1n) is 4.97. The van der Waals surface area contributed by atoms with Gasteiger partial charge >= 0.3 is 13.3 Å². The van der Waals surface area contributed by atoms with Gasteiger partial charge in [-0.25, -0.2) is 9.09 Å². The Labute approximate surface area is 106 Å². The molecular weight excluding hydrogens is 271 g/mol.